The average Bonchev–Trinajstić information content (AvgIpc) is 2.76. The Kier molecular flexibility index (Phi) is 3.82. The van der Waals surface area contributed by atoms with Gasteiger partial charge in [-0.15, -0.1) is 11.3 Å². The second-order valence-corrected chi connectivity index (χ2v) is 5.93. The molecule has 0 bridgehead atoms. The largest absolute Gasteiger partial charge is 0.321 e. The van der Waals surface area contributed by atoms with E-state index in [0.29, 0.717) is 5.92 Å². The van der Waals surface area contributed by atoms with Gasteiger partial charge >= 0.3 is 0 Å². The summed E-state index contributed by atoms with van der Waals surface area (Å²) in [6.45, 7) is 6.29. The number of thiophene rings is 1. The molecule has 2 rings (SSSR count). The van der Waals surface area contributed by atoms with Gasteiger partial charge in [-0.05, 0) is 42.7 Å². The van der Waals surface area contributed by atoms with Crippen LogP contribution in [0.15, 0.2) is 36.4 Å². The van der Waals surface area contributed by atoms with Crippen LogP contribution in [-0.4, -0.2) is 5.91 Å². The number of carbonyl (C=O) groups is 1. The molecule has 1 N–H and O–H groups in total. The third-order valence-corrected chi connectivity index (χ3v) is 3.77. The quantitative estimate of drug-likeness (QED) is 0.868. The van der Waals surface area contributed by atoms with Gasteiger partial charge in [-0.1, -0.05) is 26.0 Å². The van der Waals surface area contributed by atoms with Crippen molar-refractivity contribution in [3.63, 3.8) is 0 Å². The van der Waals surface area contributed by atoms with E-state index in [1.54, 1.807) is 0 Å². The number of amides is 1. The van der Waals surface area contributed by atoms with Crippen molar-refractivity contribution < 1.29 is 4.79 Å². The lowest BCUT2D eigenvalue weighted by Crippen LogP contribution is -2.10. The molecule has 0 saturated heterocycles. The van der Waals surface area contributed by atoms with E-state index in [4.69, 9.17) is 0 Å². The zero-order valence-corrected chi connectivity index (χ0v) is 11.7. The molecule has 1 aromatic heterocycles. The van der Waals surface area contributed by atoms with Gasteiger partial charge in [-0.3, -0.25) is 4.79 Å². The minimum Gasteiger partial charge on any atom is -0.321 e. The fraction of sp³-hybridized carbons (Fsp3) is 0.267. The molecule has 0 aliphatic rings. The summed E-state index contributed by atoms with van der Waals surface area (Å²) in [7, 11) is 0. The maximum atomic E-state index is 12.0. The Labute approximate surface area is 112 Å². The summed E-state index contributed by atoms with van der Waals surface area (Å²) in [6.07, 6.45) is 0. The topological polar surface area (TPSA) is 29.1 Å². The maximum Gasteiger partial charge on any atom is 0.265 e. The van der Waals surface area contributed by atoms with E-state index in [9.17, 15) is 4.79 Å². The second-order valence-electron chi connectivity index (χ2n) is 4.64. The normalized spacial score (nSPS) is 10.7. The Morgan fingerprint density at radius 1 is 1.22 bits per heavy atom. The van der Waals surface area contributed by atoms with E-state index in [2.05, 4.69) is 25.2 Å². The van der Waals surface area contributed by atoms with Crippen LogP contribution in [0.3, 0.4) is 0 Å². The van der Waals surface area contributed by atoms with Crippen molar-refractivity contribution in [2.24, 2.45) is 0 Å². The average molecular weight is 259 g/mol. The number of rotatable bonds is 3. The fourth-order valence-electron chi connectivity index (χ4n) is 1.72. The van der Waals surface area contributed by atoms with Crippen LogP contribution in [0, 0.1) is 6.92 Å². The smallest absolute Gasteiger partial charge is 0.265 e. The number of carbonyl (C=O) groups excluding carboxylic acids is 1. The highest BCUT2D eigenvalue weighted by Crippen LogP contribution is 2.20. The molecule has 1 aromatic carbocycles. The summed E-state index contributed by atoms with van der Waals surface area (Å²) in [6, 6.07) is 11.8. The van der Waals surface area contributed by atoms with Gasteiger partial charge in [0, 0.05) is 10.6 Å². The lowest BCUT2D eigenvalue weighted by Gasteiger charge is -2.08. The van der Waals surface area contributed by atoms with Crippen LogP contribution in [0.2, 0.25) is 0 Å². The molecule has 18 heavy (non-hydrogen) atoms. The van der Waals surface area contributed by atoms with E-state index < -0.39 is 0 Å². The van der Waals surface area contributed by atoms with Gasteiger partial charge < -0.3 is 5.32 Å². The van der Waals surface area contributed by atoms with Gasteiger partial charge in [0.05, 0.1) is 4.88 Å². The molecule has 3 heteroatoms. The number of anilines is 1. The molecule has 1 heterocycles. The van der Waals surface area contributed by atoms with E-state index >= 15 is 0 Å². The summed E-state index contributed by atoms with van der Waals surface area (Å²) < 4.78 is 0. The zero-order valence-electron chi connectivity index (χ0n) is 10.9. The Morgan fingerprint density at radius 2 is 2.00 bits per heavy atom. The number of nitrogens with one attached hydrogen (secondary N) is 1. The maximum absolute atomic E-state index is 12.0. The highest BCUT2D eigenvalue weighted by molar-refractivity contribution is 7.14. The molecular formula is C15H17NOS. The number of benzene rings is 1. The van der Waals surface area contributed by atoms with Gasteiger partial charge in [0.1, 0.15) is 0 Å². The lowest BCUT2D eigenvalue weighted by atomic mass is 10.0. The van der Waals surface area contributed by atoms with Crippen LogP contribution < -0.4 is 5.32 Å². The standard InChI is InChI=1S/C15H17NOS/c1-10(2)12-5-4-6-13(9-12)16-15(17)14-8-7-11(3)18-14/h4-10H,1-3H3,(H,16,17). The first-order chi connectivity index (χ1) is 8.56. The lowest BCUT2D eigenvalue weighted by molar-refractivity contribution is 0.103. The Balaban J connectivity index is 2.14. The SMILES string of the molecule is Cc1ccc(C(=O)Nc2cccc(C(C)C)c2)s1. The van der Waals surface area contributed by atoms with Crippen molar-refractivity contribution in [2.45, 2.75) is 26.7 Å². The molecule has 2 nitrogen and oxygen atoms in total. The van der Waals surface area contributed by atoms with E-state index in [1.165, 1.54) is 16.9 Å². The third-order valence-electron chi connectivity index (χ3n) is 2.78. The van der Waals surface area contributed by atoms with Gasteiger partial charge in [-0.25, -0.2) is 0 Å². The first kappa shape index (κ1) is 12.8. The minimum atomic E-state index is -0.0333. The van der Waals surface area contributed by atoms with Crippen molar-refractivity contribution in [1.29, 1.82) is 0 Å². The Bertz CT molecular complexity index is 557. The van der Waals surface area contributed by atoms with Gasteiger partial charge in [0.25, 0.3) is 5.91 Å². The van der Waals surface area contributed by atoms with Crippen molar-refractivity contribution >= 4 is 22.9 Å². The Morgan fingerprint density at radius 3 is 2.61 bits per heavy atom. The molecule has 0 saturated carbocycles. The molecular weight excluding hydrogens is 242 g/mol. The molecule has 0 spiro atoms. The number of hydrogen-bond donors (Lipinski definition) is 1. The van der Waals surface area contributed by atoms with Crippen LogP contribution in [0.25, 0.3) is 0 Å². The molecule has 94 valence electrons. The van der Waals surface area contributed by atoms with Gasteiger partial charge in [-0.2, -0.15) is 0 Å². The van der Waals surface area contributed by atoms with E-state index in [-0.39, 0.29) is 5.91 Å². The minimum absolute atomic E-state index is 0.0333. The first-order valence-corrected chi connectivity index (χ1v) is 6.85. The monoisotopic (exact) mass is 259 g/mol. The predicted octanol–water partition coefficient (Wildman–Crippen LogP) is 4.43. The zero-order chi connectivity index (χ0) is 13.1. The van der Waals surface area contributed by atoms with Crippen LogP contribution in [0.1, 0.15) is 39.9 Å². The highest BCUT2D eigenvalue weighted by Gasteiger charge is 2.08. The van der Waals surface area contributed by atoms with Crippen molar-refractivity contribution in [3.8, 4) is 0 Å². The fourth-order valence-corrected chi connectivity index (χ4v) is 2.49. The summed E-state index contributed by atoms with van der Waals surface area (Å²) in [5.74, 6) is 0.430. The number of aryl methyl sites for hydroxylation is 1. The molecule has 0 unspecified atom stereocenters. The van der Waals surface area contributed by atoms with Crippen LogP contribution in [-0.2, 0) is 0 Å². The highest BCUT2D eigenvalue weighted by atomic mass is 32.1. The summed E-state index contributed by atoms with van der Waals surface area (Å²) in [5.41, 5.74) is 2.09. The summed E-state index contributed by atoms with van der Waals surface area (Å²) in [5, 5.41) is 2.94. The molecule has 0 aliphatic heterocycles. The molecule has 0 aliphatic carbocycles. The van der Waals surface area contributed by atoms with Crippen LogP contribution in [0.4, 0.5) is 5.69 Å². The second kappa shape index (κ2) is 5.36. The van der Waals surface area contributed by atoms with Crippen molar-refractivity contribution in [1.82, 2.24) is 0 Å². The van der Waals surface area contributed by atoms with Crippen molar-refractivity contribution in [2.75, 3.05) is 5.32 Å². The summed E-state index contributed by atoms with van der Waals surface area (Å²) in [4.78, 5) is 13.9. The first-order valence-electron chi connectivity index (χ1n) is 6.04. The Hall–Kier alpha value is -1.61. The van der Waals surface area contributed by atoms with Crippen LogP contribution >= 0.6 is 11.3 Å². The van der Waals surface area contributed by atoms with Crippen LogP contribution in [0.5, 0.6) is 0 Å². The molecule has 0 radical (unpaired) electrons. The third kappa shape index (κ3) is 2.99. The van der Waals surface area contributed by atoms with Gasteiger partial charge in [0.2, 0.25) is 0 Å². The summed E-state index contributed by atoms with van der Waals surface area (Å²) >= 11 is 1.51. The molecule has 1 amide bonds. The number of hydrogen-bond acceptors (Lipinski definition) is 2. The molecule has 0 fully saturated rings. The molecule has 2 aromatic rings. The van der Waals surface area contributed by atoms with E-state index in [1.807, 2.05) is 37.3 Å². The van der Waals surface area contributed by atoms with Gasteiger partial charge in [0.15, 0.2) is 0 Å². The predicted molar refractivity (Wildman–Crippen MR) is 77.5 cm³/mol. The van der Waals surface area contributed by atoms with Crippen molar-refractivity contribution in [3.05, 3.63) is 51.7 Å². The molecule has 0 atom stereocenters. The van der Waals surface area contributed by atoms with E-state index in [0.717, 1.165) is 15.4 Å².